The molecule has 31 heavy (non-hydrogen) atoms. The molecular formula is C24H25FN2O4. The molecular weight excluding hydrogens is 399 g/mol. The van der Waals surface area contributed by atoms with E-state index in [2.05, 4.69) is 10.3 Å². The van der Waals surface area contributed by atoms with E-state index in [1.54, 1.807) is 36.7 Å². The molecule has 2 fully saturated rings. The van der Waals surface area contributed by atoms with Gasteiger partial charge in [-0.25, -0.2) is 4.39 Å². The fraction of sp³-hybridized carbons (Fsp3) is 0.417. The van der Waals surface area contributed by atoms with Gasteiger partial charge in [0.15, 0.2) is 0 Å². The number of furan rings is 1. The van der Waals surface area contributed by atoms with E-state index >= 15 is 0 Å². The van der Waals surface area contributed by atoms with Crippen LogP contribution in [0.4, 0.5) is 4.39 Å². The van der Waals surface area contributed by atoms with Crippen molar-refractivity contribution in [1.82, 2.24) is 10.3 Å². The number of carbonyl (C=O) groups excluding carboxylic acids is 1. The first kappa shape index (κ1) is 20.2. The van der Waals surface area contributed by atoms with Crippen LogP contribution in [0.5, 0.6) is 0 Å². The quantitative estimate of drug-likeness (QED) is 0.619. The molecule has 2 saturated carbocycles. The third-order valence-electron chi connectivity index (χ3n) is 6.29. The molecule has 0 aliphatic heterocycles. The zero-order valence-corrected chi connectivity index (χ0v) is 17.1. The van der Waals surface area contributed by atoms with Crippen molar-refractivity contribution < 1.29 is 23.4 Å². The Morgan fingerprint density at radius 1 is 1.23 bits per heavy atom. The second-order valence-electron chi connectivity index (χ2n) is 8.67. The number of aliphatic hydroxyl groups is 1. The minimum absolute atomic E-state index is 0.0421. The van der Waals surface area contributed by atoms with Gasteiger partial charge in [0.05, 0.1) is 30.3 Å². The lowest BCUT2D eigenvalue weighted by atomic mass is 9.92. The molecule has 0 unspecified atom stereocenters. The standard InChI is InChI=1S/C24H25FN2O4/c25-20-13-15(1-6-18(20)22-19-8-12-30-21(19)7-11-26-22)23(28)27-16-2-4-17(5-3-16)31-14-24(29)9-10-24/h1,6-8,11-13,16-17,29H,2-5,9-10,14H2,(H,27,28). The predicted octanol–water partition coefficient (Wildman–Crippen LogP) is 4.22. The van der Waals surface area contributed by atoms with E-state index in [4.69, 9.17) is 9.15 Å². The topological polar surface area (TPSA) is 84.6 Å². The molecule has 0 atom stereocenters. The Morgan fingerprint density at radius 2 is 2.03 bits per heavy atom. The van der Waals surface area contributed by atoms with Gasteiger partial charge in [-0.05, 0) is 68.9 Å². The molecule has 2 aliphatic rings. The van der Waals surface area contributed by atoms with Gasteiger partial charge in [0.25, 0.3) is 5.91 Å². The van der Waals surface area contributed by atoms with Crippen LogP contribution in [0.15, 0.2) is 47.2 Å². The number of hydrogen-bond acceptors (Lipinski definition) is 5. The highest BCUT2D eigenvalue weighted by atomic mass is 19.1. The van der Waals surface area contributed by atoms with Crippen molar-refractivity contribution in [1.29, 1.82) is 0 Å². The van der Waals surface area contributed by atoms with Crippen LogP contribution >= 0.6 is 0 Å². The van der Waals surface area contributed by atoms with Gasteiger partial charge in [-0.1, -0.05) is 0 Å². The summed E-state index contributed by atoms with van der Waals surface area (Å²) in [5.74, 6) is -0.777. The minimum atomic E-state index is -0.597. The van der Waals surface area contributed by atoms with Gasteiger partial charge in [-0.15, -0.1) is 0 Å². The molecule has 0 saturated heterocycles. The van der Waals surface area contributed by atoms with Gasteiger partial charge in [0.2, 0.25) is 0 Å². The normalized spacial score (nSPS) is 22.4. The zero-order valence-electron chi connectivity index (χ0n) is 17.1. The average molecular weight is 424 g/mol. The Labute approximate surface area is 179 Å². The molecule has 5 rings (SSSR count). The van der Waals surface area contributed by atoms with Crippen molar-refractivity contribution in [3.63, 3.8) is 0 Å². The van der Waals surface area contributed by atoms with Gasteiger partial charge in [0.1, 0.15) is 11.4 Å². The number of benzene rings is 1. The lowest BCUT2D eigenvalue weighted by molar-refractivity contribution is -0.0368. The Kier molecular flexibility index (Phi) is 5.24. The molecule has 0 bridgehead atoms. The van der Waals surface area contributed by atoms with Gasteiger partial charge < -0.3 is 19.6 Å². The Hall–Kier alpha value is -2.77. The van der Waals surface area contributed by atoms with E-state index in [-0.39, 0.29) is 23.6 Å². The van der Waals surface area contributed by atoms with Crippen molar-refractivity contribution in [2.45, 2.75) is 56.3 Å². The van der Waals surface area contributed by atoms with Gasteiger partial charge in [0, 0.05) is 28.8 Å². The van der Waals surface area contributed by atoms with Crippen LogP contribution in [0.3, 0.4) is 0 Å². The number of fused-ring (bicyclic) bond motifs is 1. The molecule has 2 aromatic heterocycles. The van der Waals surface area contributed by atoms with E-state index in [0.29, 0.717) is 23.4 Å². The number of halogens is 1. The second kappa shape index (κ2) is 8.05. The van der Waals surface area contributed by atoms with Crippen molar-refractivity contribution in [3.8, 4) is 11.3 Å². The van der Waals surface area contributed by atoms with Crippen molar-refractivity contribution in [2.75, 3.05) is 6.61 Å². The summed E-state index contributed by atoms with van der Waals surface area (Å²) in [6.45, 7) is 0.404. The monoisotopic (exact) mass is 424 g/mol. The summed E-state index contributed by atoms with van der Waals surface area (Å²) in [5, 5.41) is 13.6. The molecule has 2 N–H and O–H groups in total. The van der Waals surface area contributed by atoms with E-state index in [0.717, 1.165) is 43.9 Å². The highest BCUT2D eigenvalue weighted by Crippen LogP contribution is 2.36. The first-order valence-corrected chi connectivity index (χ1v) is 10.8. The summed E-state index contributed by atoms with van der Waals surface area (Å²) < 4.78 is 26.0. The van der Waals surface area contributed by atoms with E-state index in [1.165, 1.54) is 6.07 Å². The largest absolute Gasteiger partial charge is 0.464 e. The molecule has 1 aromatic carbocycles. The number of aromatic nitrogens is 1. The molecule has 0 radical (unpaired) electrons. The maximum absolute atomic E-state index is 14.9. The molecule has 2 aliphatic carbocycles. The van der Waals surface area contributed by atoms with Crippen LogP contribution in [0, 0.1) is 5.82 Å². The molecule has 3 aromatic rings. The number of rotatable bonds is 6. The van der Waals surface area contributed by atoms with Crippen LogP contribution in [0.25, 0.3) is 22.2 Å². The number of amides is 1. The lowest BCUT2D eigenvalue weighted by Gasteiger charge is -2.29. The maximum Gasteiger partial charge on any atom is 0.251 e. The first-order valence-electron chi connectivity index (χ1n) is 10.8. The Balaban J connectivity index is 1.20. The number of hydrogen-bond donors (Lipinski definition) is 2. The van der Waals surface area contributed by atoms with Crippen LogP contribution in [-0.4, -0.2) is 40.4 Å². The molecule has 2 heterocycles. The summed E-state index contributed by atoms with van der Waals surface area (Å²) in [6, 6.07) is 8.00. The Morgan fingerprint density at radius 3 is 2.77 bits per heavy atom. The van der Waals surface area contributed by atoms with Gasteiger partial charge in [-0.2, -0.15) is 0 Å². The summed E-state index contributed by atoms with van der Waals surface area (Å²) >= 11 is 0. The lowest BCUT2D eigenvalue weighted by Crippen LogP contribution is -2.39. The smallest absolute Gasteiger partial charge is 0.251 e. The van der Waals surface area contributed by atoms with Gasteiger partial charge >= 0.3 is 0 Å². The van der Waals surface area contributed by atoms with E-state index < -0.39 is 11.4 Å². The fourth-order valence-electron chi connectivity index (χ4n) is 4.16. The first-order chi connectivity index (χ1) is 15.0. The summed E-state index contributed by atoms with van der Waals surface area (Å²) in [7, 11) is 0. The van der Waals surface area contributed by atoms with Crippen LogP contribution in [0.1, 0.15) is 48.9 Å². The fourth-order valence-corrected chi connectivity index (χ4v) is 4.16. The summed E-state index contributed by atoms with van der Waals surface area (Å²) in [6.07, 6.45) is 8.19. The Bertz CT molecular complexity index is 1100. The molecule has 7 heteroatoms. The third kappa shape index (κ3) is 4.34. The zero-order chi connectivity index (χ0) is 21.4. The van der Waals surface area contributed by atoms with Crippen LogP contribution in [-0.2, 0) is 4.74 Å². The third-order valence-corrected chi connectivity index (χ3v) is 6.29. The number of nitrogens with zero attached hydrogens (tertiary/aromatic N) is 1. The highest BCUT2D eigenvalue weighted by Gasteiger charge is 2.41. The average Bonchev–Trinajstić information content (AvgIpc) is 3.31. The molecule has 1 amide bonds. The van der Waals surface area contributed by atoms with Gasteiger partial charge in [-0.3, -0.25) is 9.78 Å². The minimum Gasteiger partial charge on any atom is -0.464 e. The molecule has 162 valence electrons. The number of nitrogens with one attached hydrogen (secondary N) is 1. The molecule has 0 spiro atoms. The summed E-state index contributed by atoms with van der Waals surface area (Å²) in [5.41, 5.74) is 1.15. The maximum atomic E-state index is 14.9. The summed E-state index contributed by atoms with van der Waals surface area (Å²) in [4.78, 5) is 16.9. The van der Waals surface area contributed by atoms with Crippen molar-refractivity contribution in [2.24, 2.45) is 0 Å². The van der Waals surface area contributed by atoms with Crippen molar-refractivity contribution >= 4 is 16.9 Å². The number of pyridine rings is 1. The SMILES string of the molecule is O=C(NC1CCC(OCC2(O)CC2)CC1)c1ccc(-c2nccc3occc23)c(F)c1. The molecule has 6 nitrogen and oxygen atoms in total. The van der Waals surface area contributed by atoms with Crippen LogP contribution < -0.4 is 5.32 Å². The second-order valence-corrected chi connectivity index (χ2v) is 8.67. The van der Waals surface area contributed by atoms with Crippen LogP contribution in [0.2, 0.25) is 0 Å². The highest BCUT2D eigenvalue weighted by molar-refractivity contribution is 5.96. The van der Waals surface area contributed by atoms with Crippen molar-refractivity contribution in [3.05, 3.63) is 54.2 Å². The number of carbonyl (C=O) groups is 1. The van der Waals surface area contributed by atoms with E-state index in [9.17, 15) is 14.3 Å². The predicted molar refractivity (Wildman–Crippen MR) is 113 cm³/mol. The van der Waals surface area contributed by atoms with E-state index in [1.807, 2.05) is 0 Å². The number of ether oxygens (including phenoxy) is 1.